The van der Waals surface area contributed by atoms with E-state index >= 15 is 0 Å². The van der Waals surface area contributed by atoms with Gasteiger partial charge in [-0.2, -0.15) is 0 Å². The summed E-state index contributed by atoms with van der Waals surface area (Å²) in [5, 5.41) is 6.14. The molecule has 0 aromatic heterocycles. The van der Waals surface area contributed by atoms with Crippen LogP contribution in [0.15, 0.2) is 30.3 Å². The Bertz CT molecular complexity index is 654. The van der Waals surface area contributed by atoms with E-state index in [1.807, 2.05) is 30.3 Å². The minimum Gasteiger partial charge on any atom is -0.368 e. The second kappa shape index (κ2) is 6.45. The standard InChI is InChI=1S/C20H26N2O3/c23-17-8-11-20(22-17,15-6-2-1-3-7-15)13-21-18(24)16-12-19(14-25-16)9-4-5-10-19/h1-3,6-7,16H,4-5,8-14H2,(H,21,24)(H,22,23). The summed E-state index contributed by atoms with van der Waals surface area (Å²) in [6.45, 7) is 1.13. The number of amides is 2. The van der Waals surface area contributed by atoms with Crippen LogP contribution in [0.4, 0.5) is 0 Å². The lowest BCUT2D eigenvalue weighted by Crippen LogP contribution is -2.50. The maximum absolute atomic E-state index is 12.6. The molecule has 2 unspecified atom stereocenters. The lowest BCUT2D eigenvalue weighted by Gasteiger charge is -2.30. The van der Waals surface area contributed by atoms with Crippen molar-refractivity contribution >= 4 is 11.8 Å². The number of hydrogen-bond acceptors (Lipinski definition) is 3. The fourth-order valence-electron chi connectivity index (χ4n) is 4.71. The van der Waals surface area contributed by atoms with Gasteiger partial charge in [-0.3, -0.25) is 9.59 Å². The number of hydrogen-bond donors (Lipinski definition) is 2. The van der Waals surface area contributed by atoms with Gasteiger partial charge in [-0.15, -0.1) is 0 Å². The van der Waals surface area contributed by atoms with E-state index in [1.54, 1.807) is 0 Å². The Kier molecular flexibility index (Phi) is 4.28. The van der Waals surface area contributed by atoms with Crippen LogP contribution >= 0.6 is 0 Å². The molecule has 2 aliphatic heterocycles. The van der Waals surface area contributed by atoms with Gasteiger partial charge in [0.1, 0.15) is 6.10 Å². The molecular formula is C20H26N2O3. The van der Waals surface area contributed by atoms with Gasteiger partial charge in [0.05, 0.1) is 12.1 Å². The lowest BCUT2D eigenvalue weighted by atomic mass is 9.83. The first-order chi connectivity index (χ1) is 12.1. The van der Waals surface area contributed by atoms with Crippen LogP contribution in [0.2, 0.25) is 0 Å². The topological polar surface area (TPSA) is 67.4 Å². The molecule has 1 spiro atoms. The van der Waals surface area contributed by atoms with Gasteiger partial charge in [0.25, 0.3) is 0 Å². The third kappa shape index (κ3) is 3.17. The summed E-state index contributed by atoms with van der Waals surface area (Å²) in [6, 6.07) is 9.91. The van der Waals surface area contributed by atoms with E-state index in [-0.39, 0.29) is 23.3 Å². The van der Waals surface area contributed by atoms with Gasteiger partial charge in [0.2, 0.25) is 11.8 Å². The lowest BCUT2D eigenvalue weighted by molar-refractivity contribution is -0.130. The van der Waals surface area contributed by atoms with Crippen molar-refractivity contribution in [2.75, 3.05) is 13.2 Å². The Morgan fingerprint density at radius 2 is 1.96 bits per heavy atom. The maximum atomic E-state index is 12.6. The molecule has 0 bridgehead atoms. The maximum Gasteiger partial charge on any atom is 0.249 e. The van der Waals surface area contributed by atoms with Crippen molar-refractivity contribution in [1.82, 2.24) is 10.6 Å². The van der Waals surface area contributed by atoms with E-state index in [9.17, 15) is 9.59 Å². The van der Waals surface area contributed by atoms with E-state index in [2.05, 4.69) is 10.6 Å². The van der Waals surface area contributed by atoms with Gasteiger partial charge < -0.3 is 15.4 Å². The third-order valence-electron chi connectivity index (χ3n) is 6.21. The molecule has 0 radical (unpaired) electrons. The largest absolute Gasteiger partial charge is 0.368 e. The van der Waals surface area contributed by atoms with Gasteiger partial charge in [-0.1, -0.05) is 43.2 Å². The molecule has 1 aliphatic carbocycles. The number of ether oxygens (including phenoxy) is 1. The smallest absolute Gasteiger partial charge is 0.249 e. The molecule has 1 aromatic rings. The molecule has 2 saturated heterocycles. The van der Waals surface area contributed by atoms with Gasteiger partial charge in [-0.25, -0.2) is 0 Å². The Hall–Kier alpha value is -1.88. The highest BCUT2D eigenvalue weighted by molar-refractivity contribution is 5.82. The molecule has 2 N–H and O–H groups in total. The average molecular weight is 342 g/mol. The number of benzene rings is 1. The van der Waals surface area contributed by atoms with Crippen LogP contribution in [-0.2, 0) is 19.9 Å². The number of nitrogens with one attached hydrogen (secondary N) is 2. The first-order valence-corrected chi connectivity index (χ1v) is 9.37. The fraction of sp³-hybridized carbons (Fsp3) is 0.600. The van der Waals surface area contributed by atoms with Crippen LogP contribution < -0.4 is 10.6 Å². The highest BCUT2D eigenvalue weighted by Gasteiger charge is 2.45. The molecule has 2 atom stereocenters. The predicted molar refractivity (Wildman–Crippen MR) is 93.8 cm³/mol. The number of carbonyl (C=O) groups is 2. The SMILES string of the molecule is O=C1CCC(CNC(=O)C2CC3(CCCC3)CO2)(c2ccccc2)N1. The predicted octanol–water partition coefficient (Wildman–Crippen LogP) is 2.26. The Labute approximate surface area is 148 Å². The van der Waals surface area contributed by atoms with E-state index in [4.69, 9.17) is 4.74 Å². The molecule has 1 saturated carbocycles. The van der Waals surface area contributed by atoms with Crippen molar-refractivity contribution < 1.29 is 14.3 Å². The molecule has 2 amide bonds. The van der Waals surface area contributed by atoms with Crippen LogP contribution in [0.3, 0.4) is 0 Å². The summed E-state index contributed by atoms with van der Waals surface area (Å²) in [4.78, 5) is 24.5. The molecule has 5 nitrogen and oxygen atoms in total. The molecule has 3 fully saturated rings. The van der Waals surface area contributed by atoms with Crippen molar-refractivity contribution in [2.45, 2.75) is 56.6 Å². The molecular weight excluding hydrogens is 316 g/mol. The van der Waals surface area contributed by atoms with Gasteiger partial charge in [0, 0.05) is 13.0 Å². The van der Waals surface area contributed by atoms with Crippen LogP contribution in [0.5, 0.6) is 0 Å². The van der Waals surface area contributed by atoms with E-state index in [0.29, 0.717) is 26.0 Å². The molecule has 2 heterocycles. The zero-order valence-electron chi connectivity index (χ0n) is 14.6. The minimum atomic E-state index is -0.502. The van der Waals surface area contributed by atoms with E-state index in [0.717, 1.165) is 12.0 Å². The Morgan fingerprint density at radius 1 is 1.20 bits per heavy atom. The highest BCUT2D eigenvalue weighted by atomic mass is 16.5. The van der Waals surface area contributed by atoms with Gasteiger partial charge >= 0.3 is 0 Å². The van der Waals surface area contributed by atoms with Gasteiger partial charge in [0.15, 0.2) is 0 Å². The van der Waals surface area contributed by atoms with Crippen LogP contribution in [-0.4, -0.2) is 31.1 Å². The number of rotatable bonds is 4. The normalized spacial score (nSPS) is 30.6. The van der Waals surface area contributed by atoms with Crippen molar-refractivity contribution in [3.05, 3.63) is 35.9 Å². The summed E-state index contributed by atoms with van der Waals surface area (Å²) < 4.78 is 5.83. The first kappa shape index (κ1) is 16.6. The number of carbonyl (C=O) groups excluding carboxylic acids is 2. The van der Waals surface area contributed by atoms with Crippen LogP contribution in [0.25, 0.3) is 0 Å². The quantitative estimate of drug-likeness (QED) is 0.882. The summed E-state index contributed by atoms with van der Waals surface area (Å²) in [5.41, 5.74) is 0.777. The first-order valence-electron chi connectivity index (χ1n) is 9.37. The summed E-state index contributed by atoms with van der Waals surface area (Å²) in [6.07, 6.45) is 6.55. The molecule has 4 rings (SSSR count). The Balaban J connectivity index is 1.42. The minimum absolute atomic E-state index is 0.0415. The summed E-state index contributed by atoms with van der Waals surface area (Å²) >= 11 is 0. The zero-order valence-corrected chi connectivity index (χ0v) is 14.6. The molecule has 25 heavy (non-hydrogen) atoms. The molecule has 3 aliphatic rings. The van der Waals surface area contributed by atoms with Gasteiger partial charge in [-0.05, 0) is 36.7 Å². The van der Waals surface area contributed by atoms with Crippen molar-refractivity contribution in [1.29, 1.82) is 0 Å². The fourth-order valence-corrected chi connectivity index (χ4v) is 4.71. The zero-order chi connectivity index (χ0) is 17.3. The van der Waals surface area contributed by atoms with E-state index < -0.39 is 5.54 Å². The monoisotopic (exact) mass is 342 g/mol. The second-order valence-electron chi connectivity index (χ2n) is 7.92. The van der Waals surface area contributed by atoms with Crippen molar-refractivity contribution in [3.63, 3.8) is 0 Å². The second-order valence-corrected chi connectivity index (χ2v) is 7.92. The molecule has 134 valence electrons. The van der Waals surface area contributed by atoms with Crippen LogP contribution in [0.1, 0.15) is 50.5 Å². The van der Waals surface area contributed by atoms with Crippen molar-refractivity contribution in [2.24, 2.45) is 5.41 Å². The molecule has 1 aromatic carbocycles. The van der Waals surface area contributed by atoms with Crippen LogP contribution in [0, 0.1) is 5.41 Å². The molecule has 5 heteroatoms. The van der Waals surface area contributed by atoms with Crippen molar-refractivity contribution in [3.8, 4) is 0 Å². The average Bonchev–Trinajstić information content (AvgIpc) is 3.36. The summed E-state index contributed by atoms with van der Waals surface area (Å²) in [5.74, 6) is 0.000331. The third-order valence-corrected chi connectivity index (χ3v) is 6.21. The summed E-state index contributed by atoms with van der Waals surface area (Å²) in [7, 11) is 0. The highest BCUT2D eigenvalue weighted by Crippen LogP contribution is 2.46. The Morgan fingerprint density at radius 3 is 2.64 bits per heavy atom. The van der Waals surface area contributed by atoms with E-state index in [1.165, 1.54) is 25.7 Å².